The first-order chi connectivity index (χ1) is 8.02. The van der Waals surface area contributed by atoms with Gasteiger partial charge in [0, 0.05) is 0 Å². The van der Waals surface area contributed by atoms with Crippen LogP contribution in [0.15, 0.2) is 18.2 Å². The molecule has 0 heterocycles. The number of rotatable bonds is 6. The van der Waals surface area contributed by atoms with Gasteiger partial charge < -0.3 is 15.2 Å². The van der Waals surface area contributed by atoms with E-state index >= 15 is 0 Å². The summed E-state index contributed by atoms with van der Waals surface area (Å²) in [5.74, 6) is 1.56. The normalized spacial score (nSPS) is 11.4. The summed E-state index contributed by atoms with van der Waals surface area (Å²) >= 11 is 0. The molecular formula is C14H23NO2. The first kappa shape index (κ1) is 13.8. The van der Waals surface area contributed by atoms with Crippen molar-refractivity contribution in [3.8, 4) is 11.5 Å². The number of nitrogens with two attached hydrogens (primary N) is 1. The van der Waals surface area contributed by atoms with E-state index in [0.29, 0.717) is 0 Å². The molecule has 1 aromatic rings. The summed E-state index contributed by atoms with van der Waals surface area (Å²) in [5.41, 5.74) is 7.09. The molecule has 0 fully saturated rings. The van der Waals surface area contributed by atoms with Crippen molar-refractivity contribution in [1.29, 1.82) is 0 Å². The van der Waals surface area contributed by atoms with Crippen LogP contribution in [0.25, 0.3) is 0 Å². The quantitative estimate of drug-likeness (QED) is 0.827. The van der Waals surface area contributed by atoms with Gasteiger partial charge in [0.1, 0.15) is 0 Å². The van der Waals surface area contributed by atoms with Gasteiger partial charge in [-0.2, -0.15) is 0 Å². The lowest BCUT2D eigenvalue weighted by Gasteiger charge is -2.24. The minimum atomic E-state index is 0.217. The number of methoxy groups -OCH3 is 2. The Bertz CT molecular complexity index is 361. The largest absolute Gasteiger partial charge is 0.493 e. The van der Waals surface area contributed by atoms with Crippen LogP contribution in [0.5, 0.6) is 11.5 Å². The number of hydrogen-bond donors (Lipinski definition) is 1. The lowest BCUT2D eigenvalue weighted by atomic mass is 9.83. The summed E-state index contributed by atoms with van der Waals surface area (Å²) in [6.45, 7) is 5.19. The molecule has 0 bridgehead atoms. The molecule has 0 aromatic heterocycles. The molecule has 96 valence electrons. The van der Waals surface area contributed by atoms with Crippen molar-refractivity contribution in [3.63, 3.8) is 0 Å². The van der Waals surface area contributed by atoms with Crippen molar-refractivity contribution in [2.45, 2.75) is 26.7 Å². The molecule has 0 radical (unpaired) electrons. The topological polar surface area (TPSA) is 44.5 Å². The zero-order chi connectivity index (χ0) is 12.9. The Morgan fingerprint density at radius 2 is 1.76 bits per heavy atom. The van der Waals surface area contributed by atoms with Gasteiger partial charge in [0.2, 0.25) is 0 Å². The van der Waals surface area contributed by atoms with Crippen LogP contribution in [-0.4, -0.2) is 20.8 Å². The minimum Gasteiger partial charge on any atom is -0.493 e. The second kappa shape index (κ2) is 5.92. The van der Waals surface area contributed by atoms with Crippen LogP contribution in [-0.2, 0) is 6.42 Å². The molecule has 3 nitrogen and oxygen atoms in total. The fourth-order valence-electron chi connectivity index (χ4n) is 2.02. The molecule has 0 amide bonds. The van der Waals surface area contributed by atoms with E-state index < -0.39 is 0 Å². The van der Waals surface area contributed by atoms with Crippen LogP contribution in [0.3, 0.4) is 0 Å². The fraction of sp³-hybridized carbons (Fsp3) is 0.571. The van der Waals surface area contributed by atoms with Gasteiger partial charge in [-0.25, -0.2) is 0 Å². The Morgan fingerprint density at radius 1 is 1.12 bits per heavy atom. The van der Waals surface area contributed by atoms with E-state index in [1.165, 1.54) is 5.56 Å². The molecule has 2 N–H and O–H groups in total. The summed E-state index contributed by atoms with van der Waals surface area (Å²) in [4.78, 5) is 0. The third-order valence-electron chi connectivity index (χ3n) is 2.95. The molecule has 1 aromatic carbocycles. The second-order valence-electron chi connectivity index (χ2n) is 5.07. The average Bonchev–Trinajstić information content (AvgIpc) is 2.28. The maximum atomic E-state index is 5.63. The molecule has 0 unspecified atom stereocenters. The van der Waals surface area contributed by atoms with Crippen LogP contribution in [0.1, 0.15) is 25.8 Å². The third kappa shape index (κ3) is 3.93. The molecule has 0 aliphatic carbocycles. The maximum Gasteiger partial charge on any atom is 0.160 e. The minimum absolute atomic E-state index is 0.217. The Hall–Kier alpha value is -1.22. The van der Waals surface area contributed by atoms with Crippen LogP contribution in [0.2, 0.25) is 0 Å². The summed E-state index contributed by atoms with van der Waals surface area (Å²) in [6.07, 6.45) is 2.01. The Balaban J connectivity index is 2.85. The van der Waals surface area contributed by atoms with Crippen molar-refractivity contribution >= 4 is 0 Å². The molecule has 17 heavy (non-hydrogen) atoms. The summed E-state index contributed by atoms with van der Waals surface area (Å²) in [6, 6.07) is 6.07. The zero-order valence-electron chi connectivity index (χ0n) is 11.2. The molecule has 3 heteroatoms. The van der Waals surface area contributed by atoms with E-state index in [0.717, 1.165) is 30.9 Å². The molecule has 0 spiro atoms. The Morgan fingerprint density at radius 3 is 2.29 bits per heavy atom. The van der Waals surface area contributed by atoms with E-state index in [2.05, 4.69) is 19.9 Å². The third-order valence-corrected chi connectivity index (χ3v) is 2.95. The number of benzene rings is 1. The van der Waals surface area contributed by atoms with Gasteiger partial charge in [-0.1, -0.05) is 19.9 Å². The van der Waals surface area contributed by atoms with Gasteiger partial charge in [-0.3, -0.25) is 0 Å². The maximum absolute atomic E-state index is 5.63. The van der Waals surface area contributed by atoms with Crippen molar-refractivity contribution in [3.05, 3.63) is 23.8 Å². The van der Waals surface area contributed by atoms with Gasteiger partial charge in [0.15, 0.2) is 11.5 Å². The van der Waals surface area contributed by atoms with Gasteiger partial charge in [-0.05, 0) is 42.5 Å². The summed E-state index contributed by atoms with van der Waals surface area (Å²) < 4.78 is 10.5. The predicted octanol–water partition coefficient (Wildman–Crippen LogP) is 2.62. The van der Waals surface area contributed by atoms with Crippen LogP contribution in [0.4, 0.5) is 0 Å². The SMILES string of the molecule is COc1ccc(CC(C)(C)CCN)cc1OC. The molecule has 1 rings (SSSR count). The monoisotopic (exact) mass is 237 g/mol. The van der Waals surface area contributed by atoms with Crippen LogP contribution < -0.4 is 15.2 Å². The fourth-order valence-corrected chi connectivity index (χ4v) is 2.02. The van der Waals surface area contributed by atoms with Gasteiger partial charge in [0.25, 0.3) is 0 Å². The van der Waals surface area contributed by atoms with E-state index in [1.807, 2.05) is 12.1 Å². The number of ether oxygens (including phenoxy) is 2. The highest BCUT2D eigenvalue weighted by molar-refractivity contribution is 5.43. The van der Waals surface area contributed by atoms with Gasteiger partial charge in [0.05, 0.1) is 14.2 Å². The van der Waals surface area contributed by atoms with Crippen molar-refractivity contribution < 1.29 is 9.47 Å². The highest BCUT2D eigenvalue weighted by Crippen LogP contribution is 2.31. The molecule has 0 aliphatic heterocycles. The van der Waals surface area contributed by atoms with E-state index in [-0.39, 0.29) is 5.41 Å². The Labute approximate surface area is 104 Å². The number of hydrogen-bond acceptors (Lipinski definition) is 3. The molecule has 0 saturated heterocycles. The summed E-state index contributed by atoms with van der Waals surface area (Å²) in [7, 11) is 3.31. The van der Waals surface area contributed by atoms with Crippen LogP contribution in [0, 0.1) is 5.41 Å². The zero-order valence-corrected chi connectivity index (χ0v) is 11.2. The predicted molar refractivity (Wildman–Crippen MR) is 70.7 cm³/mol. The highest BCUT2D eigenvalue weighted by atomic mass is 16.5. The standard InChI is InChI=1S/C14H23NO2/c1-14(2,7-8-15)10-11-5-6-12(16-3)13(9-11)17-4/h5-6,9H,7-8,10,15H2,1-4H3. The highest BCUT2D eigenvalue weighted by Gasteiger charge is 2.18. The van der Waals surface area contributed by atoms with Crippen molar-refractivity contribution in [1.82, 2.24) is 0 Å². The molecule has 0 saturated carbocycles. The average molecular weight is 237 g/mol. The van der Waals surface area contributed by atoms with E-state index in [1.54, 1.807) is 14.2 Å². The van der Waals surface area contributed by atoms with Crippen LogP contribution >= 0.6 is 0 Å². The van der Waals surface area contributed by atoms with E-state index in [4.69, 9.17) is 15.2 Å². The Kier molecular flexibility index (Phi) is 4.82. The van der Waals surface area contributed by atoms with Crippen molar-refractivity contribution in [2.24, 2.45) is 11.1 Å². The van der Waals surface area contributed by atoms with E-state index in [9.17, 15) is 0 Å². The summed E-state index contributed by atoms with van der Waals surface area (Å²) in [5, 5.41) is 0. The first-order valence-corrected chi connectivity index (χ1v) is 5.93. The molecule has 0 aliphatic rings. The molecule has 0 atom stereocenters. The van der Waals surface area contributed by atoms with Gasteiger partial charge >= 0.3 is 0 Å². The lowest BCUT2D eigenvalue weighted by molar-refractivity contribution is 0.334. The second-order valence-corrected chi connectivity index (χ2v) is 5.07. The van der Waals surface area contributed by atoms with Gasteiger partial charge in [-0.15, -0.1) is 0 Å². The molecular weight excluding hydrogens is 214 g/mol. The first-order valence-electron chi connectivity index (χ1n) is 5.93. The smallest absolute Gasteiger partial charge is 0.160 e. The lowest BCUT2D eigenvalue weighted by Crippen LogP contribution is -2.19. The van der Waals surface area contributed by atoms with Crippen molar-refractivity contribution in [2.75, 3.05) is 20.8 Å².